The molecular formula is C20H18F2N2O2S. The summed E-state index contributed by atoms with van der Waals surface area (Å²) in [4.78, 5) is 30.4. The second-order valence-electron chi connectivity index (χ2n) is 6.17. The number of aliphatic imine (C=N–C) groups is 1. The average Bonchev–Trinajstić information content (AvgIpc) is 3.10. The third-order valence-electron chi connectivity index (χ3n) is 4.19. The lowest BCUT2D eigenvalue weighted by Crippen LogP contribution is -2.35. The molecule has 0 saturated heterocycles. The first-order chi connectivity index (χ1) is 12.9. The van der Waals surface area contributed by atoms with Crippen molar-refractivity contribution in [3.8, 4) is 0 Å². The van der Waals surface area contributed by atoms with E-state index in [1.807, 2.05) is 6.92 Å². The fourth-order valence-corrected chi connectivity index (χ4v) is 3.76. The van der Waals surface area contributed by atoms with Crippen molar-refractivity contribution in [2.45, 2.75) is 25.5 Å². The fourth-order valence-electron chi connectivity index (χ4n) is 2.71. The second-order valence-corrected chi connectivity index (χ2v) is 7.44. The zero-order chi connectivity index (χ0) is 19.6. The summed E-state index contributed by atoms with van der Waals surface area (Å²) in [6.07, 6.45) is 0.886. The molecule has 3 rings (SSSR count). The first-order valence-corrected chi connectivity index (χ1v) is 9.39. The van der Waals surface area contributed by atoms with Crippen LogP contribution in [-0.2, 0) is 0 Å². The predicted molar refractivity (Wildman–Crippen MR) is 104 cm³/mol. The Morgan fingerprint density at radius 1 is 1.11 bits per heavy atom. The largest absolute Gasteiger partial charge is 0.295 e. The van der Waals surface area contributed by atoms with Crippen molar-refractivity contribution in [1.82, 2.24) is 0 Å². The van der Waals surface area contributed by atoms with Gasteiger partial charge in [0, 0.05) is 22.4 Å². The van der Waals surface area contributed by atoms with Crippen LogP contribution in [-0.4, -0.2) is 28.7 Å². The lowest BCUT2D eigenvalue weighted by Gasteiger charge is -2.23. The van der Waals surface area contributed by atoms with E-state index < -0.39 is 17.5 Å². The van der Waals surface area contributed by atoms with Gasteiger partial charge in [0.05, 0.1) is 12.2 Å². The van der Waals surface area contributed by atoms with Crippen LogP contribution in [0.25, 0.3) is 0 Å². The van der Waals surface area contributed by atoms with Crippen LogP contribution in [0.1, 0.15) is 41.0 Å². The highest BCUT2D eigenvalue weighted by Gasteiger charge is 2.29. The molecular weight excluding hydrogens is 370 g/mol. The Morgan fingerprint density at radius 3 is 2.26 bits per heavy atom. The van der Waals surface area contributed by atoms with Gasteiger partial charge < -0.3 is 0 Å². The number of halogens is 2. The molecule has 0 spiro atoms. The standard InChI is InChI=1S/C20H18F2N2O2S/c1-3-18-11-23-20(27-18)24(17-6-4-13(5-7-17)12(2)25)19(26)14-8-15(21)10-16(22)9-14/h4-10,18H,3,11H2,1-2H3/t18-/m0/s1. The summed E-state index contributed by atoms with van der Waals surface area (Å²) < 4.78 is 27.2. The molecule has 4 nitrogen and oxygen atoms in total. The molecule has 0 aliphatic carbocycles. The lowest BCUT2D eigenvalue weighted by atomic mass is 10.1. The van der Waals surface area contributed by atoms with Crippen molar-refractivity contribution >= 4 is 34.3 Å². The lowest BCUT2D eigenvalue weighted by molar-refractivity contribution is 0.0999. The van der Waals surface area contributed by atoms with E-state index in [1.54, 1.807) is 24.3 Å². The number of hydrogen-bond acceptors (Lipinski definition) is 4. The van der Waals surface area contributed by atoms with Gasteiger partial charge in [-0.05, 0) is 49.7 Å². The molecule has 0 N–H and O–H groups in total. The maximum atomic E-state index is 13.6. The van der Waals surface area contributed by atoms with E-state index in [0.29, 0.717) is 23.0 Å². The Hall–Kier alpha value is -2.54. The van der Waals surface area contributed by atoms with Gasteiger partial charge in [0.1, 0.15) is 11.6 Å². The predicted octanol–water partition coefficient (Wildman–Crippen LogP) is 4.70. The minimum atomic E-state index is -0.822. The minimum Gasteiger partial charge on any atom is -0.295 e. The van der Waals surface area contributed by atoms with Crippen molar-refractivity contribution in [2.75, 3.05) is 11.4 Å². The molecule has 0 saturated carbocycles. The normalized spacial score (nSPS) is 16.1. The third-order valence-corrected chi connectivity index (χ3v) is 5.53. The summed E-state index contributed by atoms with van der Waals surface area (Å²) in [5.41, 5.74) is 0.888. The number of ketones is 1. The number of amidine groups is 1. The zero-order valence-corrected chi connectivity index (χ0v) is 15.7. The molecule has 0 radical (unpaired) electrons. The van der Waals surface area contributed by atoms with Crippen LogP contribution in [0, 0.1) is 11.6 Å². The minimum absolute atomic E-state index is 0.0924. The molecule has 27 heavy (non-hydrogen) atoms. The number of anilines is 1. The van der Waals surface area contributed by atoms with E-state index >= 15 is 0 Å². The monoisotopic (exact) mass is 388 g/mol. The first-order valence-electron chi connectivity index (χ1n) is 8.51. The maximum Gasteiger partial charge on any atom is 0.264 e. The van der Waals surface area contributed by atoms with Crippen LogP contribution < -0.4 is 4.90 Å². The first kappa shape index (κ1) is 19.2. The molecule has 1 amide bonds. The Balaban J connectivity index is 2.02. The number of amides is 1. The molecule has 7 heteroatoms. The third kappa shape index (κ3) is 4.24. The van der Waals surface area contributed by atoms with Crippen LogP contribution in [0.2, 0.25) is 0 Å². The molecule has 0 aromatic heterocycles. The van der Waals surface area contributed by atoms with E-state index in [9.17, 15) is 18.4 Å². The number of rotatable bonds is 4. The molecule has 0 bridgehead atoms. The van der Waals surface area contributed by atoms with Gasteiger partial charge in [-0.3, -0.25) is 19.5 Å². The average molecular weight is 388 g/mol. The Bertz CT molecular complexity index is 892. The van der Waals surface area contributed by atoms with Gasteiger partial charge in [-0.1, -0.05) is 18.7 Å². The van der Waals surface area contributed by atoms with Crippen LogP contribution in [0.5, 0.6) is 0 Å². The zero-order valence-electron chi connectivity index (χ0n) is 14.9. The van der Waals surface area contributed by atoms with E-state index in [4.69, 9.17) is 0 Å². The molecule has 1 aliphatic heterocycles. The van der Waals surface area contributed by atoms with Crippen molar-refractivity contribution < 1.29 is 18.4 Å². The van der Waals surface area contributed by atoms with Gasteiger partial charge in [-0.2, -0.15) is 0 Å². The molecule has 2 aromatic rings. The number of hydrogen-bond donors (Lipinski definition) is 0. The molecule has 1 aliphatic rings. The Labute approximate surface area is 160 Å². The molecule has 1 heterocycles. The maximum absolute atomic E-state index is 13.6. The van der Waals surface area contributed by atoms with E-state index in [2.05, 4.69) is 4.99 Å². The molecule has 0 fully saturated rings. The SMILES string of the molecule is CC[C@H]1CN=C(N(C(=O)c2cc(F)cc(F)c2)c2ccc(C(C)=O)cc2)S1. The smallest absolute Gasteiger partial charge is 0.264 e. The molecule has 0 unspecified atom stereocenters. The van der Waals surface area contributed by atoms with Gasteiger partial charge in [0.2, 0.25) is 0 Å². The fraction of sp³-hybridized carbons (Fsp3) is 0.250. The van der Waals surface area contributed by atoms with Gasteiger partial charge in [-0.15, -0.1) is 0 Å². The Kier molecular flexibility index (Phi) is 5.70. The van der Waals surface area contributed by atoms with Gasteiger partial charge in [0.25, 0.3) is 5.91 Å². The van der Waals surface area contributed by atoms with Crippen molar-refractivity contribution in [1.29, 1.82) is 0 Å². The van der Waals surface area contributed by atoms with Crippen LogP contribution in [0.4, 0.5) is 14.5 Å². The van der Waals surface area contributed by atoms with E-state index in [0.717, 1.165) is 24.6 Å². The molecule has 1 atom stereocenters. The highest BCUT2D eigenvalue weighted by atomic mass is 32.2. The number of carbonyl (C=O) groups excluding carboxylic acids is 2. The second kappa shape index (κ2) is 8.00. The summed E-state index contributed by atoms with van der Waals surface area (Å²) in [5, 5.41) is 0.725. The Morgan fingerprint density at radius 2 is 1.74 bits per heavy atom. The van der Waals surface area contributed by atoms with Crippen LogP contribution in [0.15, 0.2) is 47.5 Å². The summed E-state index contributed by atoms with van der Waals surface area (Å²) in [5.74, 6) is -2.31. The van der Waals surface area contributed by atoms with Gasteiger partial charge in [-0.25, -0.2) is 8.78 Å². The topological polar surface area (TPSA) is 49.7 Å². The molecule has 2 aromatic carbocycles. The summed E-state index contributed by atoms with van der Waals surface area (Å²) in [6, 6.07) is 9.21. The van der Waals surface area contributed by atoms with Crippen LogP contribution in [0.3, 0.4) is 0 Å². The number of Topliss-reactive ketones (excluding diaryl/α,β-unsaturated/α-hetero) is 1. The number of thioether (sulfide) groups is 1. The quantitative estimate of drug-likeness (QED) is 0.714. The highest BCUT2D eigenvalue weighted by molar-refractivity contribution is 8.15. The van der Waals surface area contributed by atoms with Crippen LogP contribution >= 0.6 is 11.8 Å². The number of benzene rings is 2. The summed E-state index contributed by atoms with van der Waals surface area (Å²) >= 11 is 1.46. The highest BCUT2D eigenvalue weighted by Crippen LogP contribution is 2.30. The van der Waals surface area contributed by atoms with Gasteiger partial charge >= 0.3 is 0 Å². The summed E-state index contributed by atoms with van der Waals surface area (Å²) in [6.45, 7) is 4.06. The van der Waals surface area contributed by atoms with Crippen molar-refractivity contribution in [3.63, 3.8) is 0 Å². The van der Waals surface area contributed by atoms with E-state index in [-0.39, 0.29) is 16.6 Å². The van der Waals surface area contributed by atoms with Gasteiger partial charge in [0.15, 0.2) is 11.0 Å². The number of carbonyl (C=O) groups is 2. The number of nitrogens with zero attached hydrogens (tertiary/aromatic N) is 2. The van der Waals surface area contributed by atoms with E-state index in [1.165, 1.54) is 23.6 Å². The van der Waals surface area contributed by atoms with Crippen molar-refractivity contribution in [3.05, 3.63) is 65.2 Å². The summed E-state index contributed by atoms with van der Waals surface area (Å²) in [7, 11) is 0. The van der Waals surface area contributed by atoms with Crippen molar-refractivity contribution in [2.24, 2.45) is 4.99 Å². The molecule has 140 valence electrons.